The van der Waals surface area contributed by atoms with Crippen LogP contribution in [0, 0.1) is 5.92 Å². The summed E-state index contributed by atoms with van der Waals surface area (Å²) in [6.07, 6.45) is 0.659. The molecular formula is C43H47F3N8O4. The zero-order chi connectivity index (χ0) is 39.9. The van der Waals surface area contributed by atoms with Crippen molar-refractivity contribution in [2.24, 2.45) is 5.92 Å². The number of fused-ring (bicyclic) bond motifs is 7. The third-order valence-corrected chi connectivity index (χ3v) is 13.3. The number of piperazine rings is 1. The van der Waals surface area contributed by atoms with Crippen LogP contribution in [0.15, 0.2) is 54.7 Å². The molecule has 2 aromatic heterocycles. The molecule has 0 saturated carbocycles. The number of aromatic amines is 1. The van der Waals surface area contributed by atoms with Crippen molar-refractivity contribution in [3.63, 3.8) is 0 Å². The first-order valence-electron chi connectivity index (χ1n) is 20.5. The number of carbonyl (C=O) groups is 3. The minimum Gasteiger partial charge on any atom is -0.489 e. The van der Waals surface area contributed by atoms with Crippen molar-refractivity contribution in [3.8, 4) is 5.75 Å². The number of ether oxygens (including phenoxy) is 1. The molecule has 10 rings (SSSR count). The maximum Gasteiger partial charge on any atom is 0.401 e. The van der Waals surface area contributed by atoms with Crippen LogP contribution in [0.4, 0.5) is 24.5 Å². The van der Waals surface area contributed by atoms with Gasteiger partial charge in [-0.1, -0.05) is 18.2 Å². The molecule has 0 radical (unpaired) electrons. The fourth-order valence-electron chi connectivity index (χ4n) is 10.4. The number of benzene rings is 2. The van der Waals surface area contributed by atoms with Crippen molar-refractivity contribution >= 4 is 40.0 Å². The van der Waals surface area contributed by atoms with Gasteiger partial charge in [-0.25, -0.2) is 0 Å². The van der Waals surface area contributed by atoms with Crippen molar-refractivity contribution in [3.05, 3.63) is 82.8 Å². The van der Waals surface area contributed by atoms with E-state index in [1.807, 2.05) is 55.6 Å². The number of H-pyrrole nitrogens is 1. The number of aromatic nitrogens is 2. The highest BCUT2D eigenvalue weighted by atomic mass is 19.4. The fraction of sp³-hybridized carbons (Fsp3) is 0.488. The van der Waals surface area contributed by atoms with Crippen molar-refractivity contribution in [2.45, 2.75) is 75.9 Å². The topological polar surface area (TPSA) is 117 Å². The van der Waals surface area contributed by atoms with Gasteiger partial charge in [-0.15, -0.1) is 0 Å². The van der Waals surface area contributed by atoms with E-state index in [0.717, 1.165) is 91.2 Å². The standard InChI is InChI=1S/C43H47F3N8O4/c1-25-16-32-30-4-2-3-5-33(30)48-39(32)40(54(25)24-43(44,45)46)34-7-6-28(19-47-34)51-12-10-26(11-13-51)20-50-14-15-52-29(22-50)23-58-37-18-31-27(17-36(37)52)21-53(42(31)57)35-8-9-38(55)49-41(35)56/h2-7,17-19,25-26,29,35,40,48H,8-16,20-24H2,1H3,(H,49,55,56)/t25-,29+,35+,40-/m0/s1. The van der Waals surface area contributed by atoms with Crippen LogP contribution in [0.25, 0.3) is 10.9 Å². The second-order valence-electron chi connectivity index (χ2n) is 17.0. The second-order valence-corrected chi connectivity index (χ2v) is 17.0. The molecule has 0 spiro atoms. The van der Waals surface area contributed by atoms with Crippen LogP contribution in [-0.2, 0) is 22.6 Å². The highest BCUT2D eigenvalue weighted by Crippen LogP contribution is 2.43. The Morgan fingerprint density at radius 3 is 2.57 bits per heavy atom. The van der Waals surface area contributed by atoms with Crippen molar-refractivity contribution in [2.75, 3.05) is 62.2 Å². The minimum absolute atomic E-state index is 0.187. The molecule has 3 saturated heterocycles. The van der Waals surface area contributed by atoms with Crippen LogP contribution in [0.2, 0.25) is 0 Å². The smallest absolute Gasteiger partial charge is 0.401 e. The summed E-state index contributed by atoms with van der Waals surface area (Å²) in [7, 11) is 0. The van der Waals surface area contributed by atoms with E-state index < -0.39 is 30.7 Å². The van der Waals surface area contributed by atoms with Gasteiger partial charge in [-0.05, 0) is 80.0 Å². The molecule has 12 nitrogen and oxygen atoms in total. The van der Waals surface area contributed by atoms with Gasteiger partial charge in [0.2, 0.25) is 11.8 Å². The van der Waals surface area contributed by atoms with Gasteiger partial charge in [-0.3, -0.25) is 34.5 Å². The Morgan fingerprint density at radius 1 is 0.966 bits per heavy atom. The lowest BCUT2D eigenvalue weighted by Gasteiger charge is -2.47. The number of anilines is 2. The first kappa shape index (κ1) is 37.1. The molecule has 4 aromatic rings. The molecule has 0 bridgehead atoms. The molecule has 6 aliphatic heterocycles. The SMILES string of the molecule is C[C@H]1Cc2c([nH]c3ccccc23)[C@H](c2ccc(N3CCC(CN4CCN5c6cc7c(cc6OC[C@H]5C4)C(=O)N([C@@H]4CCC(=O)NC4=O)C7)CC3)cn2)N1CC(F)(F)F. The summed E-state index contributed by atoms with van der Waals surface area (Å²) in [6, 6.07) is 14.3. The predicted molar refractivity (Wildman–Crippen MR) is 211 cm³/mol. The van der Waals surface area contributed by atoms with Crippen LogP contribution in [0.1, 0.15) is 71.5 Å². The van der Waals surface area contributed by atoms with Crippen LogP contribution >= 0.6 is 0 Å². The molecule has 6 aliphatic rings. The number of piperidine rings is 2. The van der Waals surface area contributed by atoms with Gasteiger partial charge in [0.05, 0.1) is 41.9 Å². The molecule has 8 heterocycles. The average molecular weight is 797 g/mol. The summed E-state index contributed by atoms with van der Waals surface area (Å²) in [5, 5.41) is 3.43. The quantitative estimate of drug-likeness (QED) is 0.260. The highest BCUT2D eigenvalue weighted by Gasteiger charge is 2.44. The molecule has 58 heavy (non-hydrogen) atoms. The summed E-state index contributed by atoms with van der Waals surface area (Å²) in [5.74, 6) is 0.330. The maximum absolute atomic E-state index is 13.9. The highest BCUT2D eigenvalue weighted by molar-refractivity contribution is 6.06. The van der Waals surface area contributed by atoms with Gasteiger partial charge < -0.3 is 24.4 Å². The Bertz CT molecular complexity index is 2270. The third kappa shape index (κ3) is 6.65. The first-order chi connectivity index (χ1) is 28.0. The van der Waals surface area contributed by atoms with Crippen LogP contribution in [0.3, 0.4) is 0 Å². The number of pyridine rings is 1. The molecule has 2 N–H and O–H groups in total. The Hall–Kier alpha value is -5.15. The third-order valence-electron chi connectivity index (χ3n) is 13.3. The lowest BCUT2D eigenvalue weighted by Crippen LogP contribution is -2.58. The van der Waals surface area contributed by atoms with Gasteiger partial charge in [0.25, 0.3) is 5.91 Å². The molecular weight excluding hydrogens is 750 g/mol. The molecule has 3 amide bonds. The van der Waals surface area contributed by atoms with Crippen LogP contribution in [-0.4, -0.2) is 119 Å². The molecule has 0 unspecified atom stereocenters. The number of rotatable bonds is 6. The number of para-hydroxylation sites is 1. The minimum atomic E-state index is -4.34. The summed E-state index contributed by atoms with van der Waals surface area (Å²) < 4.78 is 48.0. The van der Waals surface area contributed by atoms with Crippen molar-refractivity contribution in [1.82, 2.24) is 30.0 Å². The van der Waals surface area contributed by atoms with E-state index >= 15 is 0 Å². The van der Waals surface area contributed by atoms with Crippen molar-refractivity contribution < 1.29 is 32.3 Å². The van der Waals surface area contributed by atoms with E-state index in [4.69, 9.17) is 9.72 Å². The number of hydrogen-bond donors (Lipinski definition) is 2. The molecule has 15 heteroatoms. The average Bonchev–Trinajstić information content (AvgIpc) is 3.73. The predicted octanol–water partition coefficient (Wildman–Crippen LogP) is 5.02. The molecule has 2 aromatic carbocycles. The lowest BCUT2D eigenvalue weighted by molar-refractivity contribution is -0.155. The Kier molecular flexibility index (Phi) is 9.15. The largest absolute Gasteiger partial charge is 0.489 e. The van der Waals surface area contributed by atoms with Crippen molar-refractivity contribution in [1.29, 1.82) is 0 Å². The van der Waals surface area contributed by atoms with E-state index in [1.54, 1.807) is 4.90 Å². The Balaban J connectivity index is 0.765. The van der Waals surface area contributed by atoms with Gasteiger partial charge in [0.15, 0.2) is 0 Å². The van der Waals surface area contributed by atoms with E-state index in [0.29, 0.717) is 48.9 Å². The number of alkyl halides is 3. The zero-order valence-electron chi connectivity index (χ0n) is 32.4. The monoisotopic (exact) mass is 796 g/mol. The van der Waals surface area contributed by atoms with E-state index in [-0.39, 0.29) is 30.3 Å². The number of nitrogens with one attached hydrogen (secondary N) is 2. The zero-order valence-corrected chi connectivity index (χ0v) is 32.4. The first-order valence-corrected chi connectivity index (χ1v) is 20.5. The fourth-order valence-corrected chi connectivity index (χ4v) is 10.4. The summed E-state index contributed by atoms with van der Waals surface area (Å²) in [5.41, 5.74) is 6.85. The van der Waals surface area contributed by atoms with Gasteiger partial charge in [0.1, 0.15) is 18.4 Å². The van der Waals surface area contributed by atoms with E-state index in [1.165, 1.54) is 4.90 Å². The Morgan fingerprint density at radius 2 is 1.79 bits per heavy atom. The van der Waals surface area contributed by atoms with Crippen LogP contribution in [0.5, 0.6) is 5.75 Å². The number of amides is 3. The lowest BCUT2D eigenvalue weighted by atomic mass is 9.90. The number of imide groups is 1. The second kappa shape index (κ2) is 14.3. The molecule has 0 aliphatic carbocycles. The maximum atomic E-state index is 13.9. The summed E-state index contributed by atoms with van der Waals surface area (Å²) >= 11 is 0. The van der Waals surface area contributed by atoms with Gasteiger partial charge in [0, 0.05) is 80.4 Å². The summed E-state index contributed by atoms with van der Waals surface area (Å²) in [4.78, 5) is 56.3. The summed E-state index contributed by atoms with van der Waals surface area (Å²) in [6.45, 7) is 7.17. The normalized spacial score (nSPS) is 25.7. The van der Waals surface area contributed by atoms with Crippen LogP contribution < -0.4 is 19.9 Å². The number of hydrogen-bond acceptors (Lipinski definition) is 9. The van der Waals surface area contributed by atoms with Gasteiger partial charge in [-0.2, -0.15) is 13.2 Å². The van der Waals surface area contributed by atoms with Gasteiger partial charge >= 0.3 is 6.18 Å². The number of carbonyl (C=O) groups excluding carboxylic acids is 3. The molecule has 4 atom stereocenters. The van der Waals surface area contributed by atoms with E-state index in [9.17, 15) is 27.6 Å². The number of nitrogens with zero attached hydrogens (tertiary/aromatic N) is 6. The number of halogens is 3. The van der Waals surface area contributed by atoms with E-state index in [2.05, 4.69) is 31.1 Å². The molecule has 304 valence electrons. The molecule has 3 fully saturated rings. The Labute approximate surface area is 334 Å².